The van der Waals surface area contributed by atoms with Gasteiger partial charge >= 0.3 is 17.9 Å². The zero-order valence-electron chi connectivity index (χ0n) is 39.5. The summed E-state index contributed by atoms with van der Waals surface area (Å²) in [6.07, 6.45) is 47.9. The first-order valence-electron chi connectivity index (χ1n) is 25.9. The molecule has 0 aliphatic carbocycles. The molecular formula is C52H100O6. The van der Waals surface area contributed by atoms with E-state index in [9.17, 15) is 14.4 Å². The number of ether oxygens (including phenoxy) is 3. The number of rotatable bonds is 47. The fourth-order valence-corrected chi connectivity index (χ4v) is 7.83. The standard InChI is InChI=1S/C52H100O6/c1-5-8-10-12-14-16-18-20-21-23-25-27-32-36-40-44-51(54)57-47-49(58-52(55)45-41-37-33-29-28-30-34-38-42-48(4)7-3)46-56-50(53)43-39-35-31-26-24-22-19-17-15-13-11-9-6-2/h48-49H,5-47H2,1-4H3/t48?,49-/m0/s1. The Labute approximate surface area is 361 Å². The first-order valence-corrected chi connectivity index (χ1v) is 25.9. The van der Waals surface area contributed by atoms with Crippen LogP contribution in [0.5, 0.6) is 0 Å². The van der Waals surface area contributed by atoms with Gasteiger partial charge in [-0.2, -0.15) is 0 Å². The molecule has 58 heavy (non-hydrogen) atoms. The lowest BCUT2D eigenvalue weighted by Crippen LogP contribution is -2.30. The molecule has 0 saturated heterocycles. The Morgan fingerprint density at radius 1 is 0.345 bits per heavy atom. The van der Waals surface area contributed by atoms with Gasteiger partial charge in [0.05, 0.1) is 0 Å². The van der Waals surface area contributed by atoms with Gasteiger partial charge in [0.2, 0.25) is 0 Å². The lowest BCUT2D eigenvalue weighted by atomic mass is 9.99. The van der Waals surface area contributed by atoms with Crippen LogP contribution in [0.25, 0.3) is 0 Å². The van der Waals surface area contributed by atoms with Gasteiger partial charge in [-0.25, -0.2) is 0 Å². The van der Waals surface area contributed by atoms with Crippen LogP contribution >= 0.6 is 0 Å². The molecule has 0 saturated carbocycles. The van der Waals surface area contributed by atoms with Crippen LogP contribution in [0.1, 0.15) is 291 Å². The van der Waals surface area contributed by atoms with Crippen molar-refractivity contribution in [3.63, 3.8) is 0 Å². The van der Waals surface area contributed by atoms with Crippen LogP contribution in [0.3, 0.4) is 0 Å². The Bertz CT molecular complexity index is 874. The smallest absolute Gasteiger partial charge is 0.306 e. The molecule has 0 radical (unpaired) electrons. The van der Waals surface area contributed by atoms with Gasteiger partial charge in [-0.05, 0) is 25.2 Å². The van der Waals surface area contributed by atoms with Gasteiger partial charge < -0.3 is 14.2 Å². The molecule has 344 valence electrons. The lowest BCUT2D eigenvalue weighted by molar-refractivity contribution is -0.167. The van der Waals surface area contributed by atoms with Crippen LogP contribution < -0.4 is 0 Å². The molecule has 6 nitrogen and oxygen atoms in total. The number of carbonyl (C=O) groups excluding carboxylic acids is 3. The van der Waals surface area contributed by atoms with Gasteiger partial charge in [-0.3, -0.25) is 14.4 Å². The van der Waals surface area contributed by atoms with Gasteiger partial charge in [0.1, 0.15) is 13.2 Å². The summed E-state index contributed by atoms with van der Waals surface area (Å²) in [6.45, 7) is 9.03. The molecule has 0 amide bonds. The molecule has 6 heteroatoms. The molecule has 0 N–H and O–H groups in total. The molecule has 0 fully saturated rings. The second kappa shape index (κ2) is 46.5. The summed E-state index contributed by atoms with van der Waals surface area (Å²) in [5.74, 6) is -0.000805. The van der Waals surface area contributed by atoms with Gasteiger partial charge in [0, 0.05) is 19.3 Å². The second-order valence-corrected chi connectivity index (χ2v) is 18.1. The Hall–Kier alpha value is -1.59. The van der Waals surface area contributed by atoms with E-state index in [4.69, 9.17) is 14.2 Å². The Morgan fingerprint density at radius 3 is 0.897 bits per heavy atom. The van der Waals surface area contributed by atoms with E-state index in [2.05, 4.69) is 27.7 Å². The van der Waals surface area contributed by atoms with Crippen molar-refractivity contribution in [1.82, 2.24) is 0 Å². The van der Waals surface area contributed by atoms with Crippen molar-refractivity contribution in [2.75, 3.05) is 13.2 Å². The number of hydrogen-bond donors (Lipinski definition) is 0. The molecule has 0 aromatic carbocycles. The normalized spacial score (nSPS) is 12.4. The van der Waals surface area contributed by atoms with Crippen LogP contribution in [0.4, 0.5) is 0 Å². The zero-order chi connectivity index (χ0) is 42.4. The summed E-state index contributed by atoms with van der Waals surface area (Å²) >= 11 is 0. The van der Waals surface area contributed by atoms with Crippen LogP contribution in [0, 0.1) is 5.92 Å². The van der Waals surface area contributed by atoms with E-state index in [-0.39, 0.29) is 31.1 Å². The highest BCUT2D eigenvalue weighted by molar-refractivity contribution is 5.71. The minimum atomic E-state index is -0.761. The quantitative estimate of drug-likeness (QED) is 0.0346. The van der Waals surface area contributed by atoms with E-state index in [1.165, 1.54) is 186 Å². The summed E-state index contributed by atoms with van der Waals surface area (Å²) in [4.78, 5) is 37.9. The molecule has 0 bridgehead atoms. The molecule has 0 aliphatic heterocycles. The first kappa shape index (κ1) is 56.4. The zero-order valence-corrected chi connectivity index (χ0v) is 39.5. The minimum absolute atomic E-state index is 0.0631. The molecule has 0 aliphatic rings. The van der Waals surface area contributed by atoms with E-state index in [0.717, 1.165) is 63.7 Å². The largest absolute Gasteiger partial charge is 0.462 e. The third-order valence-corrected chi connectivity index (χ3v) is 12.2. The lowest BCUT2D eigenvalue weighted by Gasteiger charge is -2.18. The highest BCUT2D eigenvalue weighted by atomic mass is 16.6. The van der Waals surface area contributed by atoms with Gasteiger partial charge in [0.25, 0.3) is 0 Å². The summed E-state index contributed by atoms with van der Waals surface area (Å²) < 4.78 is 16.8. The summed E-state index contributed by atoms with van der Waals surface area (Å²) in [5, 5.41) is 0. The van der Waals surface area contributed by atoms with Crippen molar-refractivity contribution in [1.29, 1.82) is 0 Å². The maximum Gasteiger partial charge on any atom is 0.306 e. The third-order valence-electron chi connectivity index (χ3n) is 12.2. The predicted octanol–water partition coefficient (Wildman–Crippen LogP) is 16.7. The maximum absolute atomic E-state index is 12.8. The summed E-state index contributed by atoms with van der Waals surface area (Å²) in [5.41, 5.74) is 0. The predicted molar refractivity (Wildman–Crippen MR) is 247 cm³/mol. The fraction of sp³-hybridized carbons (Fsp3) is 0.942. The van der Waals surface area contributed by atoms with Crippen molar-refractivity contribution in [3.05, 3.63) is 0 Å². The van der Waals surface area contributed by atoms with Crippen molar-refractivity contribution in [3.8, 4) is 0 Å². The van der Waals surface area contributed by atoms with Crippen LogP contribution in [-0.2, 0) is 28.6 Å². The average molecular weight is 821 g/mol. The Balaban J connectivity index is 4.31. The van der Waals surface area contributed by atoms with Crippen molar-refractivity contribution < 1.29 is 28.6 Å². The fourth-order valence-electron chi connectivity index (χ4n) is 7.83. The minimum Gasteiger partial charge on any atom is -0.462 e. The molecule has 0 rings (SSSR count). The molecular weight excluding hydrogens is 721 g/mol. The number of unbranched alkanes of at least 4 members (excludes halogenated alkanes) is 33. The van der Waals surface area contributed by atoms with E-state index < -0.39 is 6.10 Å². The third kappa shape index (κ3) is 44.0. The molecule has 1 unspecified atom stereocenters. The maximum atomic E-state index is 12.8. The Morgan fingerprint density at radius 2 is 0.603 bits per heavy atom. The number of hydrogen-bond acceptors (Lipinski definition) is 6. The first-order chi connectivity index (χ1) is 28.4. The monoisotopic (exact) mass is 821 g/mol. The SMILES string of the molecule is CCCCCCCCCCCCCCCCCC(=O)OC[C@H](COC(=O)CCCCCCCCCCCCCCC)OC(=O)CCCCCCCCCCC(C)CC. The highest BCUT2D eigenvalue weighted by Crippen LogP contribution is 2.17. The van der Waals surface area contributed by atoms with Crippen LogP contribution in [0.15, 0.2) is 0 Å². The number of esters is 3. The van der Waals surface area contributed by atoms with Crippen LogP contribution in [-0.4, -0.2) is 37.2 Å². The topological polar surface area (TPSA) is 78.9 Å². The van der Waals surface area contributed by atoms with Crippen molar-refractivity contribution >= 4 is 17.9 Å². The molecule has 0 spiro atoms. The van der Waals surface area contributed by atoms with E-state index in [0.29, 0.717) is 19.3 Å². The van der Waals surface area contributed by atoms with Crippen molar-refractivity contribution in [2.45, 2.75) is 297 Å². The van der Waals surface area contributed by atoms with E-state index in [1.54, 1.807) is 0 Å². The Kier molecular flexibility index (Phi) is 45.2. The molecule has 2 atom stereocenters. The second-order valence-electron chi connectivity index (χ2n) is 18.1. The van der Waals surface area contributed by atoms with Crippen molar-refractivity contribution in [2.24, 2.45) is 5.92 Å². The number of carbonyl (C=O) groups is 3. The van der Waals surface area contributed by atoms with Crippen LogP contribution in [0.2, 0.25) is 0 Å². The highest BCUT2D eigenvalue weighted by Gasteiger charge is 2.19. The summed E-state index contributed by atoms with van der Waals surface area (Å²) in [7, 11) is 0. The van der Waals surface area contributed by atoms with Gasteiger partial charge in [0.15, 0.2) is 6.10 Å². The molecule has 0 aromatic rings. The molecule has 0 heterocycles. The van der Waals surface area contributed by atoms with E-state index in [1.807, 2.05) is 0 Å². The van der Waals surface area contributed by atoms with Gasteiger partial charge in [-0.15, -0.1) is 0 Å². The summed E-state index contributed by atoms with van der Waals surface area (Å²) in [6, 6.07) is 0. The molecule has 0 aromatic heterocycles. The van der Waals surface area contributed by atoms with Gasteiger partial charge in [-0.1, -0.05) is 252 Å². The average Bonchev–Trinajstić information content (AvgIpc) is 3.22. The van der Waals surface area contributed by atoms with E-state index >= 15 is 0 Å².